The van der Waals surface area contributed by atoms with Crippen LogP contribution >= 0.6 is 11.6 Å². The largest absolute Gasteiger partial charge is 0.478 e. The highest BCUT2D eigenvalue weighted by molar-refractivity contribution is 6.33. The quantitative estimate of drug-likeness (QED) is 0.784. The van der Waals surface area contributed by atoms with E-state index in [1.54, 1.807) is 0 Å². The molecule has 1 fully saturated rings. The molecule has 1 aromatic rings. The summed E-state index contributed by atoms with van der Waals surface area (Å²) >= 11 is 5.97. The Bertz CT molecular complexity index is 453. The average molecular weight is 271 g/mol. The number of anilines is 1. The van der Waals surface area contributed by atoms with Gasteiger partial charge >= 0.3 is 5.97 Å². The van der Waals surface area contributed by atoms with Crippen molar-refractivity contribution in [3.05, 3.63) is 22.8 Å². The summed E-state index contributed by atoms with van der Waals surface area (Å²) in [6, 6.07) is 1.29. The van der Waals surface area contributed by atoms with E-state index in [1.807, 2.05) is 0 Å². The molecular formula is C12H15ClN2O3. The molecule has 6 heteroatoms. The Hall–Kier alpha value is -1.33. The van der Waals surface area contributed by atoms with Crippen molar-refractivity contribution < 1.29 is 15.0 Å². The number of aromatic carboxylic acids is 1. The second kappa shape index (κ2) is 5.54. The summed E-state index contributed by atoms with van der Waals surface area (Å²) < 4.78 is 0. The molecular weight excluding hydrogens is 256 g/mol. The van der Waals surface area contributed by atoms with Crippen molar-refractivity contribution in [3.8, 4) is 0 Å². The third kappa shape index (κ3) is 2.91. The van der Waals surface area contributed by atoms with Crippen LogP contribution in [0.1, 0.15) is 36.0 Å². The predicted molar refractivity (Wildman–Crippen MR) is 68.1 cm³/mol. The Kier molecular flexibility index (Phi) is 4.04. The zero-order valence-electron chi connectivity index (χ0n) is 9.77. The van der Waals surface area contributed by atoms with Gasteiger partial charge in [-0.25, -0.2) is 9.78 Å². The van der Waals surface area contributed by atoms with Crippen LogP contribution in [0.2, 0.25) is 5.02 Å². The highest BCUT2D eigenvalue weighted by atomic mass is 35.5. The van der Waals surface area contributed by atoms with Crippen LogP contribution in [0.15, 0.2) is 12.3 Å². The Morgan fingerprint density at radius 3 is 2.78 bits per heavy atom. The van der Waals surface area contributed by atoms with Crippen molar-refractivity contribution in [1.29, 1.82) is 0 Å². The van der Waals surface area contributed by atoms with E-state index in [0.29, 0.717) is 5.82 Å². The minimum absolute atomic E-state index is 0.0507. The van der Waals surface area contributed by atoms with Gasteiger partial charge in [-0.15, -0.1) is 0 Å². The van der Waals surface area contributed by atoms with Crippen molar-refractivity contribution >= 4 is 23.4 Å². The van der Waals surface area contributed by atoms with Gasteiger partial charge in [-0.2, -0.15) is 0 Å². The first-order valence-electron chi connectivity index (χ1n) is 5.91. The van der Waals surface area contributed by atoms with E-state index in [0.717, 1.165) is 25.7 Å². The van der Waals surface area contributed by atoms with Crippen molar-refractivity contribution in [3.63, 3.8) is 0 Å². The van der Waals surface area contributed by atoms with Gasteiger partial charge in [-0.3, -0.25) is 0 Å². The predicted octanol–water partition coefficient (Wildman–Crippen LogP) is 2.15. The lowest BCUT2D eigenvalue weighted by molar-refractivity contribution is 0.0696. The Labute approximate surface area is 110 Å². The number of aromatic nitrogens is 1. The molecule has 0 spiro atoms. The van der Waals surface area contributed by atoms with Crippen LogP contribution in [0.4, 0.5) is 5.82 Å². The number of aliphatic hydroxyl groups is 1. The van der Waals surface area contributed by atoms with Crippen molar-refractivity contribution in [2.45, 2.75) is 37.8 Å². The monoisotopic (exact) mass is 270 g/mol. The summed E-state index contributed by atoms with van der Waals surface area (Å²) in [5.41, 5.74) is 0.0507. The minimum Gasteiger partial charge on any atom is -0.478 e. The number of nitrogens with one attached hydrogen (secondary N) is 1. The van der Waals surface area contributed by atoms with Crippen LogP contribution in [0, 0.1) is 0 Å². The molecule has 5 nitrogen and oxygen atoms in total. The summed E-state index contributed by atoms with van der Waals surface area (Å²) in [6.07, 6.45) is 4.56. The van der Waals surface area contributed by atoms with E-state index in [2.05, 4.69) is 10.3 Å². The fourth-order valence-electron chi connectivity index (χ4n) is 2.12. The molecule has 0 aromatic carbocycles. The van der Waals surface area contributed by atoms with Crippen LogP contribution in [-0.4, -0.2) is 33.3 Å². The summed E-state index contributed by atoms with van der Waals surface area (Å²) in [4.78, 5) is 14.7. The molecule has 98 valence electrons. The number of aliphatic hydroxyl groups excluding tert-OH is 1. The summed E-state index contributed by atoms with van der Waals surface area (Å²) in [6.45, 7) is 0. The van der Waals surface area contributed by atoms with Gasteiger partial charge in [0.25, 0.3) is 0 Å². The molecule has 0 radical (unpaired) electrons. The molecule has 1 aliphatic carbocycles. The first-order valence-corrected chi connectivity index (χ1v) is 6.29. The maximum Gasteiger partial charge on any atom is 0.337 e. The topological polar surface area (TPSA) is 82.5 Å². The fourth-order valence-corrected chi connectivity index (χ4v) is 2.34. The molecule has 0 bridgehead atoms. The normalized spacial score (nSPS) is 23.7. The molecule has 0 amide bonds. The highest BCUT2D eigenvalue weighted by Gasteiger charge is 2.23. The van der Waals surface area contributed by atoms with Gasteiger partial charge < -0.3 is 15.5 Å². The fraction of sp³-hybridized carbons (Fsp3) is 0.500. The molecule has 3 N–H and O–H groups in total. The van der Waals surface area contributed by atoms with E-state index >= 15 is 0 Å². The van der Waals surface area contributed by atoms with Crippen LogP contribution in [0.3, 0.4) is 0 Å². The Balaban J connectivity index is 2.11. The number of nitrogens with zero attached hydrogens (tertiary/aromatic N) is 1. The SMILES string of the molecule is O=C(O)c1cnc(NC2CCCCC2O)c(Cl)c1. The molecule has 0 saturated heterocycles. The third-order valence-corrected chi connectivity index (χ3v) is 3.43. The molecule has 1 aliphatic rings. The average Bonchev–Trinajstić information content (AvgIpc) is 2.34. The van der Waals surface area contributed by atoms with Crippen LogP contribution < -0.4 is 5.32 Å². The molecule has 1 aromatic heterocycles. The highest BCUT2D eigenvalue weighted by Crippen LogP contribution is 2.25. The van der Waals surface area contributed by atoms with E-state index in [4.69, 9.17) is 16.7 Å². The molecule has 2 unspecified atom stereocenters. The number of carboxylic acids is 1. The van der Waals surface area contributed by atoms with Gasteiger partial charge in [0.15, 0.2) is 0 Å². The molecule has 18 heavy (non-hydrogen) atoms. The van der Waals surface area contributed by atoms with Gasteiger partial charge in [0.1, 0.15) is 5.82 Å². The maximum atomic E-state index is 10.7. The minimum atomic E-state index is -1.06. The summed E-state index contributed by atoms with van der Waals surface area (Å²) in [7, 11) is 0. The smallest absolute Gasteiger partial charge is 0.337 e. The lowest BCUT2D eigenvalue weighted by Crippen LogP contribution is -2.36. The van der Waals surface area contributed by atoms with Crippen LogP contribution in [0.25, 0.3) is 0 Å². The zero-order valence-corrected chi connectivity index (χ0v) is 10.5. The lowest BCUT2D eigenvalue weighted by atomic mass is 9.92. The number of carbonyl (C=O) groups is 1. The zero-order chi connectivity index (χ0) is 13.1. The summed E-state index contributed by atoms with van der Waals surface area (Å²) in [5.74, 6) is -0.638. The van der Waals surface area contributed by atoms with Gasteiger partial charge in [0.05, 0.1) is 22.7 Å². The van der Waals surface area contributed by atoms with Crippen LogP contribution in [0.5, 0.6) is 0 Å². The number of hydrogen-bond donors (Lipinski definition) is 3. The number of halogens is 1. The molecule has 2 atom stereocenters. The van der Waals surface area contributed by atoms with Crippen LogP contribution in [-0.2, 0) is 0 Å². The standard InChI is InChI=1S/C12H15ClN2O3/c13-8-5-7(12(17)18)6-14-11(8)15-9-3-1-2-4-10(9)16/h5-6,9-10,16H,1-4H2,(H,14,15)(H,17,18). The molecule has 2 rings (SSSR count). The maximum absolute atomic E-state index is 10.7. The Morgan fingerprint density at radius 1 is 1.44 bits per heavy atom. The summed E-state index contributed by atoms with van der Waals surface area (Å²) in [5, 5.41) is 22.0. The van der Waals surface area contributed by atoms with E-state index < -0.39 is 12.1 Å². The first-order chi connectivity index (χ1) is 8.58. The first kappa shape index (κ1) is 13.1. The van der Waals surface area contributed by atoms with E-state index in [-0.39, 0.29) is 16.6 Å². The van der Waals surface area contributed by atoms with Gasteiger partial charge in [0, 0.05) is 6.20 Å². The molecule has 1 heterocycles. The third-order valence-electron chi connectivity index (χ3n) is 3.14. The molecule has 0 aliphatic heterocycles. The lowest BCUT2D eigenvalue weighted by Gasteiger charge is -2.29. The second-order valence-electron chi connectivity index (χ2n) is 4.46. The number of hydrogen-bond acceptors (Lipinski definition) is 4. The van der Waals surface area contributed by atoms with Gasteiger partial charge in [-0.05, 0) is 18.9 Å². The Morgan fingerprint density at radius 2 is 2.17 bits per heavy atom. The van der Waals surface area contributed by atoms with E-state index in [1.165, 1.54) is 12.3 Å². The van der Waals surface area contributed by atoms with E-state index in [9.17, 15) is 9.90 Å². The number of rotatable bonds is 3. The van der Waals surface area contributed by atoms with Crippen molar-refractivity contribution in [2.75, 3.05) is 5.32 Å². The second-order valence-corrected chi connectivity index (χ2v) is 4.87. The van der Waals surface area contributed by atoms with Gasteiger partial charge in [-0.1, -0.05) is 24.4 Å². The van der Waals surface area contributed by atoms with Gasteiger partial charge in [0.2, 0.25) is 0 Å². The van der Waals surface area contributed by atoms with Crippen molar-refractivity contribution in [2.24, 2.45) is 0 Å². The van der Waals surface area contributed by atoms with Crippen molar-refractivity contribution in [1.82, 2.24) is 4.98 Å². The number of carboxylic acid groups (broad SMARTS) is 1. The number of pyridine rings is 1. The molecule has 1 saturated carbocycles.